The molecule has 2 aliphatic carbocycles. The number of rotatable bonds is 12. The average Bonchev–Trinajstić information content (AvgIpc) is 3.18. The Bertz CT molecular complexity index is 1940. The van der Waals surface area contributed by atoms with Gasteiger partial charge in [0.15, 0.2) is 17.5 Å². The number of nitrogens with one attached hydrogen (secondary N) is 1. The zero-order valence-corrected chi connectivity index (χ0v) is 35.9. The highest BCUT2D eigenvalue weighted by Crippen LogP contribution is 2.59. The van der Waals surface area contributed by atoms with Gasteiger partial charge in [0.2, 0.25) is 0 Å². The van der Waals surface area contributed by atoms with Crippen molar-refractivity contribution in [3.63, 3.8) is 0 Å². The van der Waals surface area contributed by atoms with Crippen molar-refractivity contribution in [2.75, 3.05) is 13.7 Å². The van der Waals surface area contributed by atoms with Crippen molar-refractivity contribution in [3.8, 4) is 0 Å². The van der Waals surface area contributed by atoms with Gasteiger partial charge >= 0.3 is 24.0 Å². The fraction of sp³-hybridized carbons (Fsp3) is 0.578. The highest BCUT2D eigenvalue weighted by molar-refractivity contribution is 5.91. The molecule has 0 aromatic heterocycles. The van der Waals surface area contributed by atoms with Crippen LogP contribution >= 0.6 is 0 Å². The summed E-state index contributed by atoms with van der Waals surface area (Å²) in [5.74, 6) is -6.13. The molecule has 4 N–H and O–H groups in total. The minimum Gasteiger partial charge on any atom is -0.456 e. The maximum absolute atomic E-state index is 14.7. The van der Waals surface area contributed by atoms with Crippen LogP contribution in [-0.2, 0) is 42.8 Å². The first-order valence-corrected chi connectivity index (χ1v) is 20.2. The van der Waals surface area contributed by atoms with Crippen LogP contribution in [0.5, 0.6) is 0 Å². The average molecular weight is 838 g/mol. The molecular formula is C45H59NO14. The minimum atomic E-state index is -2.28. The molecule has 328 valence electrons. The summed E-state index contributed by atoms with van der Waals surface area (Å²) in [6.45, 7) is 13.9. The van der Waals surface area contributed by atoms with Gasteiger partial charge < -0.3 is 49.1 Å². The lowest BCUT2D eigenvalue weighted by Crippen LogP contribution is -2.75. The summed E-state index contributed by atoms with van der Waals surface area (Å²) in [6, 6.07) is 14.8. The van der Waals surface area contributed by atoms with E-state index >= 15 is 0 Å². The van der Waals surface area contributed by atoms with E-state index in [0.717, 1.165) is 0 Å². The molecule has 1 aliphatic heterocycles. The van der Waals surface area contributed by atoms with Gasteiger partial charge in [-0.15, -0.1) is 0 Å². The molecule has 3 aliphatic rings. The predicted molar refractivity (Wildman–Crippen MR) is 215 cm³/mol. The Morgan fingerprint density at radius 1 is 1.00 bits per heavy atom. The first-order chi connectivity index (χ1) is 28.0. The second kappa shape index (κ2) is 17.7. The van der Waals surface area contributed by atoms with E-state index in [1.54, 1.807) is 97.0 Å². The number of aliphatic hydroxyl groups is 3. The Hall–Kier alpha value is -4.67. The zero-order chi connectivity index (χ0) is 44.5. The lowest BCUT2D eigenvalue weighted by molar-refractivity contribution is -0.311. The van der Waals surface area contributed by atoms with Crippen molar-refractivity contribution < 1.29 is 67.7 Å². The largest absolute Gasteiger partial charge is 0.456 e. The molecule has 5 rings (SSSR count). The summed E-state index contributed by atoms with van der Waals surface area (Å²) in [7, 11) is 1.50. The molecule has 2 fully saturated rings. The SMILES string of the molecule is CO[C@H](C)C[C@H]1OC[C@@]1(OC(C)=O)[C@@H]1[C@H](C)C(=O)[C@H](O)C2=C(C)[C@@H](OC(=O)[C@H](O)[C@@H](NC(=O)OC(C)(C)C)c3ccccc3)C[C@@](O)([C@H]1OC(=O)c1ccccc1)C2(C)C. The molecule has 11 atom stereocenters. The van der Waals surface area contributed by atoms with E-state index in [4.69, 9.17) is 28.4 Å². The van der Waals surface area contributed by atoms with E-state index < -0.39 is 113 Å². The molecule has 0 unspecified atom stereocenters. The second-order valence-electron chi connectivity index (χ2n) is 17.7. The van der Waals surface area contributed by atoms with Gasteiger partial charge in [-0.05, 0) is 63.5 Å². The number of hydrogen-bond acceptors (Lipinski definition) is 14. The number of ether oxygens (including phenoxy) is 6. The Labute approximate surface area is 350 Å². The molecule has 15 nitrogen and oxygen atoms in total. The van der Waals surface area contributed by atoms with Crippen LogP contribution in [0.15, 0.2) is 71.8 Å². The monoisotopic (exact) mass is 837 g/mol. The number of alkyl carbamates (subject to hydrolysis) is 1. The number of benzene rings is 2. The van der Waals surface area contributed by atoms with Gasteiger partial charge in [-0.1, -0.05) is 69.3 Å². The van der Waals surface area contributed by atoms with Crippen molar-refractivity contribution in [1.29, 1.82) is 0 Å². The number of carbonyl (C=O) groups is 5. The maximum Gasteiger partial charge on any atom is 0.408 e. The number of ketones is 1. The van der Waals surface area contributed by atoms with E-state index in [1.165, 1.54) is 33.1 Å². The van der Waals surface area contributed by atoms with Crippen molar-refractivity contribution in [3.05, 3.63) is 82.9 Å². The number of aliphatic hydroxyl groups excluding tert-OH is 2. The first-order valence-electron chi connectivity index (χ1n) is 20.2. The fourth-order valence-corrected chi connectivity index (χ4v) is 9.04. The smallest absolute Gasteiger partial charge is 0.408 e. The fourth-order valence-electron chi connectivity index (χ4n) is 9.04. The van der Waals surface area contributed by atoms with Crippen LogP contribution in [0.25, 0.3) is 0 Å². The summed E-state index contributed by atoms with van der Waals surface area (Å²) in [5, 5.41) is 39.8. The lowest BCUT2D eigenvalue weighted by Gasteiger charge is -2.62. The maximum atomic E-state index is 14.7. The number of esters is 3. The molecule has 2 bridgehead atoms. The minimum absolute atomic E-state index is 0.0158. The Morgan fingerprint density at radius 3 is 2.13 bits per heavy atom. The third kappa shape index (κ3) is 9.01. The number of hydrogen-bond donors (Lipinski definition) is 4. The molecule has 1 saturated carbocycles. The van der Waals surface area contributed by atoms with E-state index in [2.05, 4.69) is 5.32 Å². The van der Waals surface area contributed by atoms with Crippen molar-refractivity contribution in [1.82, 2.24) is 5.32 Å². The number of amides is 1. The normalized spacial score (nSPS) is 30.3. The number of Topliss-reactive ketones (excluding diaryl/α,β-unsaturated/α-hetero) is 1. The van der Waals surface area contributed by atoms with E-state index in [1.807, 2.05) is 0 Å². The van der Waals surface area contributed by atoms with Gasteiger partial charge in [0.1, 0.15) is 35.6 Å². The summed E-state index contributed by atoms with van der Waals surface area (Å²) >= 11 is 0. The Morgan fingerprint density at radius 2 is 1.60 bits per heavy atom. The van der Waals surface area contributed by atoms with Crippen LogP contribution in [0.3, 0.4) is 0 Å². The van der Waals surface area contributed by atoms with Crippen molar-refractivity contribution in [2.24, 2.45) is 17.3 Å². The van der Waals surface area contributed by atoms with Gasteiger partial charge in [0.05, 0.1) is 30.2 Å². The van der Waals surface area contributed by atoms with Gasteiger partial charge in [0.25, 0.3) is 0 Å². The van der Waals surface area contributed by atoms with Gasteiger partial charge in [0, 0.05) is 38.2 Å². The summed E-state index contributed by atoms with van der Waals surface area (Å²) in [4.78, 5) is 69.0. The quantitative estimate of drug-likeness (QED) is 0.131. The molecule has 0 radical (unpaired) electrons. The number of methoxy groups -OCH3 is 1. The third-order valence-corrected chi connectivity index (χ3v) is 12.3. The van der Waals surface area contributed by atoms with Crippen molar-refractivity contribution in [2.45, 2.75) is 135 Å². The number of fused-ring (bicyclic) bond motifs is 2. The van der Waals surface area contributed by atoms with E-state index in [0.29, 0.717) is 5.56 Å². The molecule has 2 aromatic rings. The first kappa shape index (κ1) is 46.4. The van der Waals surface area contributed by atoms with Crippen LogP contribution in [-0.4, -0.2) is 112 Å². The van der Waals surface area contributed by atoms with Crippen LogP contribution in [0, 0.1) is 17.3 Å². The summed E-state index contributed by atoms with van der Waals surface area (Å²) < 4.78 is 35.5. The second-order valence-corrected chi connectivity index (χ2v) is 17.7. The standard InChI is InChI=1S/C45H59NO14/c1-24(55-10)21-31-44(23-56-31,59-27(4)47)33-26(3)35(48)36(49)32-25(2)30(22-45(54,43(32,8)9)38(33)58-39(51)29-19-15-12-16-20-29)57-40(52)37(50)34(28-17-13-11-14-18-28)46-41(53)60-42(5,6)7/h11-20,24,26,30-31,33-34,36-38,49-50,54H,21-23H2,1-10H3,(H,46,53)/t24-,26+,30+,31-,33-,34+,36-,37-,38+,44+,45-/m1/s1. The predicted octanol–water partition coefficient (Wildman–Crippen LogP) is 4.55. The molecule has 1 heterocycles. The molecule has 1 saturated heterocycles. The van der Waals surface area contributed by atoms with Crippen LogP contribution in [0.4, 0.5) is 4.79 Å². The molecule has 15 heteroatoms. The molecule has 0 spiro atoms. The lowest BCUT2D eigenvalue weighted by atomic mass is 9.51. The molecular weight excluding hydrogens is 778 g/mol. The highest BCUT2D eigenvalue weighted by Gasteiger charge is 2.71. The zero-order valence-electron chi connectivity index (χ0n) is 35.9. The van der Waals surface area contributed by atoms with Crippen molar-refractivity contribution >= 4 is 29.8 Å². The van der Waals surface area contributed by atoms with Gasteiger partial charge in [-0.25, -0.2) is 14.4 Å². The third-order valence-electron chi connectivity index (χ3n) is 12.3. The van der Waals surface area contributed by atoms with Crippen LogP contribution in [0.1, 0.15) is 97.1 Å². The highest BCUT2D eigenvalue weighted by atomic mass is 16.6. The molecule has 1 amide bonds. The summed E-state index contributed by atoms with van der Waals surface area (Å²) in [6.07, 6.45) is -9.57. The van der Waals surface area contributed by atoms with Crippen LogP contribution in [0.2, 0.25) is 0 Å². The van der Waals surface area contributed by atoms with E-state index in [-0.39, 0.29) is 29.7 Å². The van der Waals surface area contributed by atoms with E-state index in [9.17, 15) is 39.3 Å². The Kier molecular flexibility index (Phi) is 13.7. The Balaban J connectivity index is 1.66. The molecule has 60 heavy (non-hydrogen) atoms. The molecule has 2 aromatic carbocycles. The van der Waals surface area contributed by atoms with Gasteiger partial charge in [-0.3, -0.25) is 9.59 Å². The number of carbonyl (C=O) groups excluding carboxylic acids is 5. The summed E-state index contributed by atoms with van der Waals surface area (Å²) in [5.41, 5.74) is -5.77. The van der Waals surface area contributed by atoms with Gasteiger partial charge in [-0.2, -0.15) is 0 Å². The van der Waals surface area contributed by atoms with Crippen LogP contribution < -0.4 is 5.32 Å². The topological polar surface area (TPSA) is 213 Å².